The number of carbonyl (C=O) groups excluding carboxylic acids is 1. The summed E-state index contributed by atoms with van der Waals surface area (Å²) in [5, 5.41) is 9.18. The molecule has 0 atom stereocenters. The molecule has 0 heterocycles. The van der Waals surface area contributed by atoms with Crippen molar-refractivity contribution in [1.29, 1.82) is 0 Å². The van der Waals surface area contributed by atoms with Gasteiger partial charge in [0.05, 0.1) is 5.88 Å². The second-order valence-corrected chi connectivity index (χ2v) is 3.28. The molecule has 0 saturated carbocycles. The van der Waals surface area contributed by atoms with E-state index in [9.17, 15) is 23.1 Å². The molecule has 0 bridgehead atoms. The highest BCUT2D eigenvalue weighted by molar-refractivity contribution is 6.31. The highest BCUT2D eigenvalue weighted by Crippen LogP contribution is 2.35. The molecule has 0 spiro atoms. The van der Waals surface area contributed by atoms with Crippen molar-refractivity contribution in [3.63, 3.8) is 0 Å². The number of phenolic OH excluding ortho intramolecular Hbond substituents is 1. The van der Waals surface area contributed by atoms with E-state index >= 15 is 0 Å². The van der Waals surface area contributed by atoms with Crippen molar-refractivity contribution < 1.29 is 27.8 Å². The van der Waals surface area contributed by atoms with Crippen LogP contribution in [-0.2, 0) is 0 Å². The molecule has 8 heteroatoms. The van der Waals surface area contributed by atoms with Crippen LogP contribution in [0.5, 0.6) is 11.5 Å². The average Bonchev–Trinajstić information content (AvgIpc) is 2.19. The number of alkyl halides is 4. The van der Waals surface area contributed by atoms with Crippen LogP contribution in [0.2, 0.25) is 0 Å². The van der Waals surface area contributed by atoms with Gasteiger partial charge in [0.1, 0.15) is 0 Å². The Morgan fingerprint density at radius 3 is 2.53 bits per heavy atom. The summed E-state index contributed by atoms with van der Waals surface area (Å²) in [5.41, 5.74) is 4.94. The number of anilines is 1. The van der Waals surface area contributed by atoms with Gasteiger partial charge in [0.25, 0.3) is 0 Å². The lowest BCUT2D eigenvalue weighted by atomic mass is 10.1. The van der Waals surface area contributed by atoms with E-state index in [-0.39, 0.29) is 11.3 Å². The van der Waals surface area contributed by atoms with E-state index < -0.39 is 29.5 Å². The molecule has 0 aliphatic rings. The molecule has 0 aliphatic heterocycles. The molecular formula is C9H7ClF3NO3. The summed E-state index contributed by atoms with van der Waals surface area (Å²) in [6.45, 7) is 0. The van der Waals surface area contributed by atoms with Crippen LogP contribution in [0.1, 0.15) is 10.4 Å². The Morgan fingerprint density at radius 2 is 2.06 bits per heavy atom. The number of Topliss-reactive ketones (excluding diaryl/α,β-unsaturated/α-hetero) is 1. The predicted octanol–water partition coefficient (Wildman–Crippen LogP) is 2.29. The summed E-state index contributed by atoms with van der Waals surface area (Å²) in [6, 6.07) is 1.49. The number of ketones is 1. The number of ether oxygens (including phenoxy) is 1. The third kappa shape index (κ3) is 3.42. The van der Waals surface area contributed by atoms with Gasteiger partial charge in [-0.05, 0) is 6.07 Å². The van der Waals surface area contributed by atoms with Gasteiger partial charge in [0.2, 0.25) is 0 Å². The summed E-state index contributed by atoms with van der Waals surface area (Å²) in [4.78, 5) is 11.2. The van der Waals surface area contributed by atoms with Crippen LogP contribution in [0.15, 0.2) is 12.1 Å². The second kappa shape index (κ2) is 4.70. The Morgan fingerprint density at radius 1 is 1.47 bits per heavy atom. The van der Waals surface area contributed by atoms with E-state index in [2.05, 4.69) is 4.74 Å². The Balaban J connectivity index is 3.19. The fraction of sp³-hybridized carbons (Fsp3) is 0.222. The number of nitrogen functional groups attached to an aromatic ring is 1. The van der Waals surface area contributed by atoms with Crippen molar-refractivity contribution in [1.82, 2.24) is 0 Å². The largest absolute Gasteiger partial charge is 0.573 e. The van der Waals surface area contributed by atoms with E-state index in [1.54, 1.807) is 0 Å². The molecule has 1 aromatic rings. The van der Waals surface area contributed by atoms with Crippen LogP contribution in [-0.4, -0.2) is 23.1 Å². The van der Waals surface area contributed by atoms with Gasteiger partial charge in [-0.25, -0.2) is 0 Å². The number of carbonyl (C=O) groups is 1. The van der Waals surface area contributed by atoms with E-state index in [1.165, 1.54) is 0 Å². The molecular weight excluding hydrogens is 263 g/mol. The van der Waals surface area contributed by atoms with Crippen LogP contribution >= 0.6 is 11.6 Å². The molecule has 0 aliphatic carbocycles. The first-order valence-electron chi connectivity index (χ1n) is 4.22. The van der Waals surface area contributed by atoms with Crippen molar-refractivity contribution in [2.24, 2.45) is 0 Å². The minimum Gasteiger partial charge on any atom is -0.504 e. The van der Waals surface area contributed by atoms with Crippen LogP contribution in [0.3, 0.4) is 0 Å². The maximum atomic E-state index is 12.0. The monoisotopic (exact) mass is 269 g/mol. The zero-order valence-electron chi connectivity index (χ0n) is 8.21. The lowest BCUT2D eigenvalue weighted by Gasteiger charge is -2.12. The summed E-state index contributed by atoms with van der Waals surface area (Å²) >= 11 is 5.25. The van der Waals surface area contributed by atoms with Gasteiger partial charge >= 0.3 is 6.36 Å². The number of phenols is 1. The molecule has 0 aromatic heterocycles. The maximum absolute atomic E-state index is 12.0. The smallest absolute Gasteiger partial charge is 0.504 e. The van der Waals surface area contributed by atoms with Crippen LogP contribution in [0.25, 0.3) is 0 Å². The minimum atomic E-state index is -4.98. The number of hydrogen-bond acceptors (Lipinski definition) is 4. The fourth-order valence-corrected chi connectivity index (χ4v) is 1.25. The van der Waals surface area contributed by atoms with E-state index in [0.717, 1.165) is 6.07 Å². The second-order valence-electron chi connectivity index (χ2n) is 3.01. The SMILES string of the molecule is Nc1cc(O)c(OC(F)(F)F)cc1C(=O)CCl. The van der Waals surface area contributed by atoms with Gasteiger partial charge in [-0.15, -0.1) is 24.8 Å². The van der Waals surface area contributed by atoms with Crippen molar-refractivity contribution in [3.05, 3.63) is 17.7 Å². The molecule has 17 heavy (non-hydrogen) atoms. The molecule has 94 valence electrons. The number of benzene rings is 1. The van der Waals surface area contributed by atoms with E-state index in [4.69, 9.17) is 17.3 Å². The zero-order chi connectivity index (χ0) is 13.2. The third-order valence-corrected chi connectivity index (χ3v) is 2.02. The quantitative estimate of drug-likeness (QED) is 0.502. The molecule has 0 saturated heterocycles. The summed E-state index contributed by atoms with van der Waals surface area (Å²) < 4.78 is 39.4. The van der Waals surface area contributed by atoms with E-state index in [1.807, 2.05) is 0 Å². The van der Waals surface area contributed by atoms with E-state index in [0.29, 0.717) is 6.07 Å². The fourth-order valence-electron chi connectivity index (χ4n) is 1.10. The molecule has 1 aromatic carbocycles. The Kier molecular flexibility index (Phi) is 3.72. The molecule has 1 rings (SSSR count). The normalized spacial score (nSPS) is 11.3. The van der Waals surface area contributed by atoms with Crippen molar-refractivity contribution in [2.75, 3.05) is 11.6 Å². The topological polar surface area (TPSA) is 72.6 Å². The van der Waals surface area contributed by atoms with Gasteiger partial charge in [0.15, 0.2) is 17.3 Å². The first-order valence-corrected chi connectivity index (χ1v) is 4.75. The molecule has 0 fully saturated rings. The Labute approximate surface area is 98.7 Å². The standard InChI is InChI=1S/C9H7ClF3NO3/c10-3-7(16)4-1-8(17-9(11,12)13)6(15)2-5(4)14/h1-2,15H,3,14H2. The van der Waals surface area contributed by atoms with Gasteiger partial charge in [0, 0.05) is 17.3 Å². The summed E-state index contributed by atoms with van der Waals surface area (Å²) in [5.74, 6) is -2.83. The van der Waals surface area contributed by atoms with Crippen molar-refractivity contribution >= 4 is 23.1 Å². The number of aromatic hydroxyl groups is 1. The van der Waals surface area contributed by atoms with Crippen LogP contribution in [0, 0.1) is 0 Å². The molecule has 0 amide bonds. The van der Waals surface area contributed by atoms with Gasteiger partial charge < -0.3 is 15.6 Å². The number of rotatable bonds is 3. The number of nitrogens with two attached hydrogens (primary N) is 1. The Bertz CT molecular complexity index is 448. The highest BCUT2D eigenvalue weighted by Gasteiger charge is 2.32. The van der Waals surface area contributed by atoms with Gasteiger partial charge in [-0.1, -0.05) is 0 Å². The van der Waals surface area contributed by atoms with Crippen LogP contribution < -0.4 is 10.5 Å². The van der Waals surface area contributed by atoms with Crippen molar-refractivity contribution in [3.8, 4) is 11.5 Å². The first kappa shape index (κ1) is 13.4. The van der Waals surface area contributed by atoms with Crippen molar-refractivity contribution in [2.45, 2.75) is 6.36 Å². The van der Waals surface area contributed by atoms with Gasteiger partial charge in [-0.3, -0.25) is 4.79 Å². The summed E-state index contributed by atoms with van der Waals surface area (Å²) in [7, 11) is 0. The average molecular weight is 270 g/mol. The third-order valence-electron chi connectivity index (χ3n) is 1.78. The minimum absolute atomic E-state index is 0.178. The molecule has 3 N–H and O–H groups in total. The lowest BCUT2D eigenvalue weighted by Crippen LogP contribution is -2.18. The molecule has 0 radical (unpaired) electrons. The van der Waals surface area contributed by atoms with Gasteiger partial charge in [-0.2, -0.15) is 0 Å². The number of halogens is 4. The molecule has 0 unspecified atom stereocenters. The number of hydrogen-bond donors (Lipinski definition) is 2. The molecule has 4 nitrogen and oxygen atoms in total. The lowest BCUT2D eigenvalue weighted by molar-refractivity contribution is -0.275. The summed E-state index contributed by atoms with van der Waals surface area (Å²) in [6.07, 6.45) is -4.98. The van der Waals surface area contributed by atoms with Crippen LogP contribution in [0.4, 0.5) is 18.9 Å². The predicted molar refractivity (Wildman–Crippen MR) is 54.3 cm³/mol. The Hall–Kier alpha value is -1.63. The zero-order valence-corrected chi connectivity index (χ0v) is 8.97. The first-order chi connectivity index (χ1) is 7.74. The maximum Gasteiger partial charge on any atom is 0.573 e. The highest BCUT2D eigenvalue weighted by atomic mass is 35.5.